The lowest BCUT2D eigenvalue weighted by molar-refractivity contribution is -0.139. The summed E-state index contributed by atoms with van der Waals surface area (Å²) < 4.78 is 39.7. The number of benzene rings is 3. The van der Waals surface area contributed by atoms with Gasteiger partial charge in [-0.3, -0.25) is 13.9 Å². The van der Waals surface area contributed by atoms with Gasteiger partial charge in [0.2, 0.25) is 11.8 Å². The Morgan fingerprint density at radius 3 is 2.12 bits per heavy atom. The predicted octanol–water partition coefficient (Wildman–Crippen LogP) is 6.19. The number of sulfonamides is 1. The van der Waals surface area contributed by atoms with E-state index in [1.807, 2.05) is 13.8 Å². The Kier molecular flexibility index (Phi) is 12.0. The fraction of sp³-hybridized carbons (Fsp3) is 0.333. The number of nitrogens with zero attached hydrogens (tertiary/aromatic N) is 2. The van der Waals surface area contributed by atoms with Crippen molar-refractivity contribution in [1.82, 2.24) is 10.2 Å². The first kappa shape index (κ1) is 34.3. The molecule has 9 nitrogen and oxygen atoms in total. The average Bonchev–Trinajstić information content (AvgIpc) is 2.99. The normalized spacial score (nSPS) is 12.7. The van der Waals surface area contributed by atoms with Crippen LogP contribution in [0.1, 0.15) is 32.8 Å². The van der Waals surface area contributed by atoms with Gasteiger partial charge >= 0.3 is 0 Å². The van der Waals surface area contributed by atoms with Gasteiger partial charge in [-0.1, -0.05) is 47.8 Å². The number of halogens is 3. The first-order valence-electron chi connectivity index (χ1n) is 13.4. The van der Waals surface area contributed by atoms with Crippen LogP contribution in [0, 0.1) is 0 Å². The van der Waals surface area contributed by atoms with E-state index in [4.69, 9.17) is 44.3 Å². The first-order valence-corrected chi connectivity index (χ1v) is 15.9. The molecule has 0 spiro atoms. The minimum atomic E-state index is -4.34. The van der Waals surface area contributed by atoms with Gasteiger partial charge in [0.25, 0.3) is 10.0 Å². The van der Waals surface area contributed by atoms with Gasteiger partial charge in [0, 0.05) is 23.7 Å². The van der Waals surface area contributed by atoms with Crippen molar-refractivity contribution in [3.63, 3.8) is 0 Å². The van der Waals surface area contributed by atoms with Crippen molar-refractivity contribution in [2.45, 2.75) is 50.7 Å². The van der Waals surface area contributed by atoms with E-state index in [0.29, 0.717) is 27.8 Å². The van der Waals surface area contributed by atoms with Crippen LogP contribution in [0.15, 0.2) is 65.6 Å². The van der Waals surface area contributed by atoms with Gasteiger partial charge in [-0.15, -0.1) is 0 Å². The first-order chi connectivity index (χ1) is 20.3. The number of nitrogens with one attached hydrogen (secondary N) is 1. The van der Waals surface area contributed by atoms with Gasteiger partial charge in [0.05, 0.1) is 34.8 Å². The summed E-state index contributed by atoms with van der Waals surface area (Å²) in [6.45, 7) is 4.71. The standard InChI is InChI=1S/C30H34Cl3N3O6S/c1-6-19(2)34-30(38)20(3)35(17-21-7-13-25(32)26(33)15-21)29(37)18-36(23-10-8-22(31)9-11-23)43(39,40)24-12-14-27(41-4)28(16-24)42-5/h7-16,19-20H,6,17-18H2,1-5H3,(H,34,38)/t19-,20-/m0/s1. The molecule has 1 N–H and O–H groups in total. The van der Waals surface area contributed by atoms with Gasteiger partial charge in [0.15, 0.2) is 11.5 Å². The number of methoxy groups -OCH3 is 2. The molecule has 0 aliphatic heterocycles. The van der Waals surface area contributed by atoms with E-state index in [0.717, 1.165) is 4.31 Å². The van der Waals surface area contributed by atoms with E-state index in [9.17, 15) is 18.0 Å². The summed E-state index contributed by atoms with van der Waals surface area (Å²) in [7, 11) is -1.51. The van der Waals surface area contributed by atoms with Crippen LogP contribution in [0.2, 0.25) is 15.1 Å². The third-order valence-corrected chi connectivity index (χ3v) is 9.60. The Hall–Kier alpha value is -3.18. The summed E-state index contributed by atoms with van der Waals surface area (Å²) in [5.41, 5.74) is 0.797. The summed E-state index contributed by atoms with van der Waals surface area (Å²) >= 11 is 18.4. The monoisotopic (exact) mass is 669 g/mol. The van der Waals surface area contributed by atoms with Gasteiger partial charge in [-0.2, -0.15) is 0 Å². The van der Waals surface area contributed by atoms with Crippen molar-refractivity contribution in [2.75, 3.05) is 25.1 Å². The summed E-state index contributed by atoms with van der Waals surface area (Å²) in [6, 6.07) is 14.0. The molecular formula is C30H34Cl3N3O6S. The molecule has 43 heavy (non-hydrogen) atoms. The molecule has 0 radical (unpaired) electrons. The van der Waals surface area contributed by atoms with Crippen LogP contribution in [-0.4, -0.2) is 58.0 Å². The zero-order valence-electron chi connectivity index (χ0n) is 24.4. The van der Waals surface area contributed by atoms with Crippen LogP contribution in [0.4, 0.5) is 5.69 Å². The van der Waals surface area contributed by atoms with Crippen molar-refractivity contribution in [3.8, 4) is 11.5 Å². The maximum atomic E-state index is 14.1. The molecule has 2 atom stereocenters. The highest BCUT2D eigenvalue weighted by Gasteiger charge is 2.33. The SMILES string of the molecule is CC[C@H](C)NC(=O)[C@H](C)N(Cc1ccc(Cl)c(Cl)c1)C(=O)CN(c1ccc(Cl)cc1)S(=O)(=O)c1ccc(OC)c(OC)c1. The third-order valence-electron chi connectivity index (χ3n) is 6.84. The van der Waals surface area contributed by atoms with Gasteiger partial charge in [0.1, 0.15) is 12.6 Å². The summed E-state index contributed by atoms with van der Waals surface area (Å²) in [5.74, 6) is -0.479. The zero-order chi connectivity index (χ0) is 31.9. The molecule has 0 aliphatic rings. The molecule has 3 rings (SSSR count). The van der Waals surface area contributed by atoms with Gasteiger partial charge in [-0.25, -0.2) is 8.42 Å². The number of ether oxygens (including phenoxy) is 2. The molecule has 0 heterocycles. The number of hydrogen-bond acceptors (Lipinski definition) is 6. The molecule has 232 valence electrons. The highest BCUT2D eigenvalue weighted by atomic mass is 35.5. The van der Waals surface area contributed by atoms with Crippen molar-refractivity contribution in [3.05, 3.63) is 81.3 Å². The van der Waals surface area contributed by atoms with Crippen LogP contribution < -0.4 is 19.1 Å². The minimum Gasteiger partial charge on any atom is -0.493 e. The maximum absolute atomic E-state index is 14.1. The van der Waals surface area contributed by atoms with Crippen molar-refractivity contribution in [1.29, 1.82) is 0 Å². The summed E-state index contributed by atoms with van der Waals surface area (Å²) in [5, 5.41) is 3.89. The number of rotatable bonds is 13. The van der Waals surface area contributed by atoms with Crippen LogP contribution in [0.5, 0.6) is 11.5 Å². The number of hydrogen-bond donors (Lipinski definition) is 1. The van der Waals surface area contributed by atoms with Crippen molar-refractivity contribution in [2.24, 2.45) is 0 Å². The third kappa shape index (κ3) is 8.47. The molecule has 0 saturated heterocycles. The van der Waals surface area contributed by atoms with E-state index >= 15 is 0 Å². The number of carbonyl (C=O) groups excluding carboxylic acids is 2. The highest BCUT2D eigenvalue weighted by molar-refractivity contribution is 7.92. The fourth-order valence-electron chi connectivity index (χ4n) is 4.12. The Morgan fingerprint density at radius 2 is 1.53 bits per heavy atom. The van der Waals surface area contributed by atoms with E-state index < -0.39 is 28.5 Å². The van der Waals surface area contributed by atoms with Crippen LogP contribution in [-0.2, 0) is 26.2 Å². The van der Waals surface area contributed by atoms with Crippen molar-refractivity contribution >= 4 is 62.3 Å². The molecule has 0 aromatic heterocycles. The second-order valence-corrected chi connectivity index (χ2v) is 12.9. The molecule has 13 heteroatoms. The molecule has 0 unspecified atom stereocenters. The second-order valence-electron chi connectivity index (χ2n) is 9.77. The lowest BCUT2D eigenvalue weighted by Crippen LogP contribution is -2.52. The molecule has 3 aromatic rings. The summed E-state index contributed by atoms with van der Waals surface area (Å²) in [4.78, 5) is 28.4. The molecule has 0 aliphatic carbocycles. The Labute approximate surface area is 267 Å². The average molecular weight is 671 g/mol. The number of carbonyl (C=O) groups is 2. The quantitative estimate of drug-likeness (QED) is 0.233. The van der Waals surface area contributed by atoms with E-state index in [1.165, 1.54) is 61.6 Å². The lowest BCUT2D eigenvalue weighted by Gasteiger charge is -2.32. The van der Waals surface area contributed by atoms with E-state index in [-0.39, 0.29) is 39.8 Å². The maximum Gasteiger partial charge on any atom is 0.264 e. The molecule has 0 saturated carbocycles. The molecule has 0 bridgehead atoms. The van der Waals surface area contributed by atoms with Crippen LogP contribution in [0.3, 0.4) is 0 Å². The fourth-order valence-corrected chi connectivity index (χ4v) is 6.00. The molecule has 2 amide bonds. The van der Waals surface area contributed by atoms with Crippen molar-refractivity contribution < 1.29 is 27.5 Å². The topological polar surface area (TPSA) is 105 Å². The van der Waals surface area contributed by atoms with E-state index in [1.54, 1.807) is 25.1 Å². The van der Waals surface area contributed by atoms with Gasteiger partial charge < -0.3 is 19.7 Å². The summed E-state index contributed by atoms with van der Waals surface area (Å²) in [6.07, 6.45) is 0.688. The zero-order valence-corrected chi connectivity index (χ0v) is 27.5. The Bertz CT molecular complexity index is 1550. The lowest BCUT2D eigenvalue weighted by atomic mass is 10.1. The van der Waals surface area contributed by atoms with E-state index in [2.05, 4.69) is 5.32 Å². The van der Waals surface area contributed by atoms with Gasteiger partial charge in [-0.05, 0) is 74.4 Å². The highest BCUT2D eigenvalue weighted by Crippen LogP contribution is 2.33. The number of anilines is 1. The largest absolute Gasteiger partial charge is 0.493 e. The number of amides is 2. The Morgan fingerprint density at radius 1 is 0.884 bits per heavy atom. The molecule has 3 aromatic carbocycles. The smallest absolute Gasteiger partial charge is 0.264 e. The second kappa shape index (κ2) is 15.0. The van der Waals surface area contributed by atoms with Crippen LogP contribution in [0.25, 0.3) is 0 Å². The molecule has 0 fully saturated rings. The predicted molar refractivity (Wildman–Crippen MR) is 170 cm³/mol. The Balaban J connectivity index is 2.08. The molecular weight excluding hydrogens is 637 g/mol. The minimum absolute atomic E-state index is 0.0321. The van der Waals surface area contributed by atoms with Crippen LogP contribution >= 0.6 is 34.8 Å².